The number of hydrogen-bond acceptors (Lipinski definition) is 4. The maximum Gasteiger partial charge on any atom is 0.134 e. The van der Waals surface area contributed by atoms with Crippen LogP contribution in [0, 0.1) is 0 Å². The van der Waals surface area contributed by atoms with Crippen LogP contribution in [0.5, 0.6) is 0 Å². The average Bonchev–Trinajstić information content (AvgIpc) is 2.82. The summed E-state index contributed by atoms with van der Waals surface area (Å²) >= 11 is 0. The van der Waals surface area contributed by atoms with Crippen molar-refractivity contribution in [1.29, 1.82) is 0 Å². The number of benzene rings is 1. The summed E-state index contributed by atoms with van der Waals surface area (Å²) in [6.45, 7) is 3.16. The third-order valence-electron chi connectivity index (χ3n) is 3.16. The van der Waals surface area contributed by atoms with Crippen molar-refractivity contribution in [2.24, 2.45) is 0 Å². The second-order valence-electron chi connectivity index (χ2n) is 4.76. The first-order valence-corrected chi connectivity index (χ1v) is 6.59. The minimum atomic E-state index is -0.416. The average molecular weight is 263 g/mol. The number of nitrogens with one attached hydrogen (secondary N) is 1. The Morgan fingerprint density at radius 1 is 1.37 bits per heavy atom. The van der Waals surface area contributed by atoms with Crippen molar-refractivity contribution in [3.05, 3.63) is 36.1 Å². The topological polar surface area (TPSA) is 54.6 Å². The molecule has 4 nitrogen and oxygen atoms in total. The van der Waals surface area contributed by atoms with Gasteiger partial charge >= 0.3 is 0 Å². The van der Waals surface area contributed by atoms with Crippen molar-refractivity contribution in [3.8, 4) is 0 Å². The molecule has 0 saturated carbocycles. The number of aliphatic hydroxyl groups is 1. The largest absolute Gasteiger partial charge is 0.459 e. The van der Waals surface area contributed by atoms with Gasteiger partial charge in [-0.25, -0.2) is 0 Å². The van der Waals surface area contributed by atoms with Gasteiger partial charge in [-0.15, -0.1) is 0 Å². The van der Waals surface area contributed by atoms with Crippen LogP contribution in [0.15, 0.2) is 34.7 Å². The number of hydrogen-bond donors (Lipinski definition) is 2. The van der Waals surface area contributed by atoms with E-state index in [2.05, 4.69) is 18.3 Å². The molecule has 1 aromatic carbocycles. The van der Waals surface area contributed by atoms with E-state index >= 15 is 0 Å². The summed E-state index contributed by atoms with van der Waals surface area (Å²) in [7, 11) is 1.59. The number of rotatable bonds is 7. The van der Waals surface area contributed by atoms with E-state index in [0.29, 0.717) is 13.0 Å². The normalized spacial score (nSPS) is 14.7. The highest BCUT2D eigenvalue weighted by molar-refractivity contribution is 5.77. The highest BCUT2D eigenvalue weighted by Crippen LogP contribution is 2.23. The summed E-state index contributed by atoms with van der Waals surface area (Å²) in [5.74, 6) is 0.919. The number of aliphatic hydroxyl groups excluding tert-OH is 1. The van der Waals surface area contributed by atoms with Gasteiger partial charge in [0.15, 0.2) is 0 Å². The molecule has 2 rings (SSSR count). The zero-order valence-corrected chi connectivity index (χ0v) is 11.4. The van der Waals surface area contributed by atoms with Crippen LogP contribution in [0.2, 0.25) is 0 Å². The zero-order chi connectivity index (χ0) is 13.7. The van der Waals surface area contributed by atoms with E-state index in [1.54, 1.807) is 7.11 Å². The van der Waals surface area contributed by atoms with Crippen LogP contribution in [0.4, 0.5) is 0 Å². The zero-order valence-electron chi connectivity index (χ0n) is 11.4. The van der Waals surface area contributed by atoms with Crippen molar-refractivity contribution in [1.82, 2.24) is 5.32 Å². The Morgan fingerprint density at radius 2 is 2.16 bits per heavy atom. The summed E-state index contributed by atoms with van der Waals surface area (Å²) in [5, 5.41) is 14.0. The van der Waals surface area contributed by atoms with Gasteiger partial charge < -0.3 is 19.6 Å². The molecule has 19 heavy (non-hydrogen) atoms. The van der Waals surface area contributed by atoms with Gasteiger partial charge in [0.2, 0.25) is 0 Å². The molecule has 1 heterocycles. The molecule has 0 spiro atoms. The molecule has 4 heteroatoms. The molecule has 0 saturated heterocycles. The molecule has 0 amide bonds. The third kappa shape index (κ3) is 3.80. The van der Waals surface area contributed by atoms with Crippen molar-refractivity contribution in [3.63, 3.8) is 0 Å². The lowest BCUT2D eigenvalue weighted by Crippen LogP contribution is -2.25. The fourth-order valence-corrected chi connectivity index (χ4v) is 2.06. The molecule has 2 aromatic rings. The lowest BCUT2D eigenvalue weighted by Gasteiger charge is -2.13. The lowest BCUT2D eigenvalue weighted by molar-refractivity contribution is 0.0589. The van der Waals surface area contributed by atoms with Crippen LogP contribution in [-0.2, 0) is 4.74 Å². The number of para-hydroxylation sites is 1. The molecule has 0 aliphatic carbocycles. The number of fused-ring (bicyclic) bond motifs is 1. The first kappa shape index (κ1) is 14.1. The van der Waals surface area contributed by atoms with Crippen molar-refractivity contribution in [2.75, 3.05) is 20.3 Å². The van der Waals surface area contributed by atoms with Crippen LogP contribution in [0.1, 0.15) is 25.1 Å². The molecule has 0 fully saturated rings. The van der Waals surface area contributed by atoms with E-state index in [1.807, 2.05) is 24.3 Å². The molecule has 2 unspecified atom stereocenters. The molecular weight excluding hydrogens is 242 g/mol. The molecule has 0 aliphatic heterocycles. The highest BCUT2D eigenvalue weighted by Gasteiger charge is 2.11. The van der Waals surface area contributed by atoms with E-state index in [-0.39, 0.29) is 6.04 Å². The van der Waals surface area contributed by atoms with E-state index in [0.717, 1.165) is 23.3 Å². The summed E-state index contributed by atoms with van der Waals surface area (Å²) in [6.07, 6.45) is 0.249. The van der Waals surface area contributed by atoms with Gasteiger partial charge in [-0.05, 0) is 32.0 Å². The summed E-state index contributed by atoms with van der Waals surface area (Å²) in [5.41, 5.74) is 0.908. The first-order valence-electron chi connectivity index (χ1n) is 6.59. The molecule has 104 valence electrons. The van der Waals surface area contributed by atoms with Crippen LogP contribution < -0.4 is 5.32 Å². The molecule has 0 radical (unpaired) electrons. The van der Waals surface area contributed by atoms with Gasteiger partial charge in [0.05, 0.1) is 18.8 Å². The molecular formula is C15H21NO3. The Balaban J connectivity index is 1.87. The van der Waals surface area contributed by atoms with Crippen LogP contribution in [-0.4, -0.2) is 31.5 Å². The Morgan fingerprint density at radius 3 is 2.89 bits per heavy atom. The predicted octanol–water partition coefficient (Wildman–Crippen LogP) is 2.48. The number of furan rings is 1. The first-order chi connectivity index (χ1) is 9.20. The van der Waals surface area contributed by atoms with Gasteiger partial charge in [0, 0.05) is 12.5 Å². The number of methoxy groups -OCH3 is 1. The molecule has 1 aromatic heterocycles. The van der Waals surface area contributed by atoms with E-state index < -0.39 is 6.10 Å². The van der Waals surface area contributed by atoms with E-state index in [9.17, 15) is 5.11 Å². The predicted molar refractivity (Wildman–Crippen MR) is 75.1 cm³/mol. The van der Waals surface area contributed by atoms with Gasteiger partial charge in [-0.2, -0.15) is 0 Å². The van der Waals surface area contributed by atoms with Crippen molar-refractivity contribution in [2.45, 2.75) is 25.5 Å². The summed E-state index contributed by atoms with van der Waals surface area (Å²) < 4.78 is 10.7. The van der Waals surface area contributed by atoms with Crippen molar-refractivity contribution < 1.29 is 14.3 Å². The smallest absolute Gasteiger partial charge is 0.134 e. The maximum absolute atomic E-state index is 9.56. The van der Waals surface area contributed by atoms with Gasteiger partial charge in [-0.3, -0.25) is 0 Å². The van der Waals surface area contributed by atoms with Crippen LogP contribution >= 0.6 is 0 Å². The van der Waals surface area contributed by atoms with Crippen LogP contribution in [0.25, 0.3) is 11.0 Å². The molecule has 0 bridgehead atoms. The SMILES string of the molecule is COCC(O)CCNC(C)c1cc2ccccc2o1. The molecule has 0 aliphatic rings. The van der Waals surface area contributed by atoms with Crippen LogP contribution in [0.3, 0.4) is 0 Å². The Labute approximate surface area is 113 Å². The molecule has 2 N–H and O–H groups in total. The van der Waals surface area contributed by atoms with Gasteiger partial charge in [0.1, 0.15) is 11.3 Å². The molecule has 2 atom stereocenters. The van der Waals surface area contributed by atoms with Crippen molar-refractivity contribution >= 4 is 11.0 Å². The second kappa shape index (κ2) is 6.70. The number of ether oxygens (including phenoxy) is 1. The third-order valence-corrected chi connectivity index (χ3v) is 3.16. The summed E-state index contributed by atoms with van der Waals surface area (Å²) in [6, 6.07) is 10.2. The van der Waals surface area contributed by atoms with Gasteiger partial charge in [-0.1, -0.05) is 18.2 Å². The highest BCUT2D eigenvalue weighted by atomic mass is 16.5. The minimum absolute atomic E-state index is 0.127. The maximum atomic E-state index is 9.56. The Kier molecular flexibility index (Phi) is 4.96. The van der Waals surface area contributed by atoms with E-state index in [1.165, 1.54) is 0 Å². The lowest BCUT2D eigenvalue weighted by atomic mass is 10.2. The fourth-order valence-electron chi connectivity index (χ4n) is 2.06. The summed E-state index contributed by atoms with van der Waals surface area (Å²) in [4.78, 5) is 0. The minimum Gasteiger partial charge on any atom is -0.459 e. The standard InChI is InChI=1S/C15H21NO3/c1-11(16-8-7-13(17)10-18-2)15-9-12-5-3-4-6-14(12)19-15/h3-6,9,11,13,16-17H,7-8,10H2,1-2H3. The van der Waals surface area contributed by atoms with Gasteiger partial charge in [0.25, 0.3) is 0 Å². The quantitative estimate of drug-likeness (QED) is 0.806. The Hall–Kier alpha value is -1.36. The Bertz CT molecular complexity index is 476. The fraction of sp³-hybridized carbons (Fsp3) is 0.467. The van der Waals surface area contributed by atoms with E-state index in [4.69, 9.17) is 9.15 Å². The monoisotopic (exact) mass is 263 g/mol. The second-order valence-corrected chi connectivity index (χ2v) is 4.76.